The van der Waals surface area contributed by atoms with Crippen LogP contribution in [0.15, 0.2) is 11.6 Å². The fourth-order valence-electron chi connectivity index (χ4n) is 19.2. The van der Waals surface area contributed by atoms with Crippen molar-refractivity contribution >= 4 is 5.97 Å². The SMILES string of the molecule is C[C@@H]1O[C@@H](O[C@H]2CC[C@@]3(C)C(CC[C@]4(C)C3CC=C3C5CC(C)(C)CC[C@]5(C(=O)O[C@H]5O[C@@H](CO)[C@H](O[C@H]6O[C@@H](C(O)CO)[C@@H](O)[C@@H]6O[C@H]6O[C@@H](CO)[C@H](O)[C@@H](O)[C@@H]6O)[C@@H](O)[C@@H]5O)CC[C@]34C)C2(C)C)[C@H](O)[C@H](O)[C@H]1O[C@@H]1O[C@H](C(O)CO)[C@H](O)[C@H]1O[C@@H]1OC[C@@H](O)[C@H](O)[C@H]1O. The van der Waals surface area contributed by atoms with Crippen molar-refractivity contribution in [3.63, 3.8) is 0 Å². The van der Waals surface area contributed by atoms with E-state index in [2.05, 4.69) is 54.5 Å². The Morgan fingerprint density at radius 3 is 1.67 bits per heavy atom. The Balaban J connectivity index is 0.762. The lowest BCUT2D eigenvalue weighted by atomic mass is 9.33. The maximum atomic E-state index is 15.4. The topological polar surface area (TPSA) is 492 Å². The highest BCUT2D eigenvalue weighted by Gasteiger charge is 2.71. The van der Waals surface area contributed by atoms with Crippen LogP contribution in [-0.2, 0) is 61.6 Å². The van der Waals surface area contributed by atoms with Gasteiger partial charge in [-0.05, 0) is 116 Å². The standard InChI is InChI=1S/C65H106O31/c1-25-47(90-57-51(45(82)48(91-57)28(70)20-66)94-53-41(78)36(73)30(72)24-85-53)39(76)43(80)54(86-25)89-35-12-13-62(6)33(61(35,4)5)11-14-64(8)34(62)10-9-26-27-19-60(2,3)15-17-65(27,18-16-63(26,64)7)59(84)96-56-44(81)40(77)50(32(23-69)88-56)93-58-52(46(83)49(92-58)29(71)21-67)95-55-42(79)38(75)37(74)31(22-68)87-55/h9,25,27-58,66-83H,10-24H2,1-8H3/t25-,27?,28?,29?,30+,31-,32-,33?,34?,35-,36-,37-,38+,39-,40-,41+,42-,43+,44-,45-,46+,47-,48+,49-,50-,51+,52-,53-,54-,55+,56+,57+,58+,62-,63+,64+,65-/m0/s1. The lowest BCUT2D eigenvalue weighted by Crippen LogP contribution is -2.66. The van der Waals surface area contributed by atoms with Gasteiger partial charge in [-0.3, -0.25) is 4.79 Å². The number of aliphatic hydroxyl groups is 18. The number of aliphatic hydroxyl groups excluding tert-OH is 18. The van der Waals surface area contributed by atoms with Gasteiger partial charge < -0.3 is 149 Å². The predicted octanol–water partition coefficient (Wildman–Crippen LogP) is -4.72. The van der Waals surface area contributed by atoms with Gasteiger partial charge in [0.1, 0.15) is 134 Å². The van der Waals surface area contributed by atoms with Gasteiger partial charge in [-0.2, -0.15) is 0 Å². The van der Waals surface area contributed by atoms with Gasteiger partial charge >= 0.3 is 5.97 Å². The van der Waals surface area contributed by atoms with Crippen molar-refractivity contribution in [2.24, 2.45) is 50.2 Å². The molecule has 5 aliphatic carbocycles. The van der Waals surface area contributed by atoms with Gasteiger partial charge in [0.15, 0.2) is 31.5 Å². The average Bonchev–Trinajstić information content (AvgIpc) is 0.880. The molecule has 5 unspecified atom stereocenters. The predicted molar refractivity (Wildman–Crippen MR) is 321 cm³/mol. The lowest BCUT2D eigenvalue weighted by molar-refractivity contribution is -0.351. The number of rotatable bonds is 18. The molecule has 11 rings (SSSR count). The van der Waals surface area contributed by atoms with E-state index >= 15 is 4.79 Å². The van der Waals surface area contributed by atoms with E-state index < -0.39 is 239 Å². The normalized spacial score (nSPS) is 53.0. The number of hydrogen-bond donors (Lipinski definition) is 18. The number of hydrogen-bond acceptors (Lipinski definition) is 31. The quantitative estimate of drug-likeness (QED) is 0.0348. The highest BCUT2D eigenvalue weighted by atomic mass is 16.8. The molecule has 96 heavy (non-hydrogen) atoms. The zero-order chi connectivity index (χ0) is 70.0. The molecule has 552 valence electrons. The summed E-state index contributed by atoms with van der Waals surface area (Å²) in [6.07, 6.45) is -39.8. The van der Waals surface area contributed by atoms with Crippen LogP contribution in [0.25, 0.3) is 0 Å². The number of ether oxygens (including phenoxy) is 12. The van der Waals surface area contributed by atoms with Crippen molar-refractivity contribution in [3.8, 4) is 0 Å². The van der Waals surface area contributed by atoms with Gasteiger partial charge in [-0.15, -0.1) is 0 Å². The largest absolute Gasteiger partial charge is 0.432 e. The molecule has 31 heteroatoms. The summed E-state index contributed by atoms with van der Waals surface area (Å²) in [5.41, 5.74) is -1.50. The third-order valence-corrected chi connectivity index (χ3v) is 25.2. The number of carbonyl (C=O) groups excluding carboxylic acids is 1. The minimum Gasteiger partial charge on any atom is -0.432 e. The molecule has 0 amide bonds. The molecule has 0 radical (unpaired) electrons. The maximum Gasteiger partial charge on any atom is 0.315 e. The van der Waals surface area contributed by atoms with E-state index in [1.807, 2.05) is 0 Å². The second kappa shape index (κ2) is 28.3. The van der Waals surface area contributed by atoms with Gasteiger partial charge in [0.25, 0.3) is 0 Å². The van der Waals surface area contributed by atoms with E-state index in [1.165, 1.54) is 5.57 Å². The molecule has 0 aromatic heterocycles. The molecule has 0 bridgehead atoms. The molecule has 4 saturated carbocycles. The zero-order valence-electron chi connectivity index (χ0n) is 55.6. The van der Waals surface area contributed by atoms with E-state index in [-0.39, 0.29) is 34.0 Å². The Bertz CT molecular complexity index is 2690. The first-order valence-electron chi connectivity index (χ1n) is 34.1. The van der Waals surface area contributed by atoms with E-state index in [1.54, 1.807) is 6.92 Å². The molecule has 0 aromatic carbocycles. The highest BCUT2D eigenvalue weighted by molar-refractivity contribution is 5.79. The van der Waals surface area contributed by atoms with Crippen LogP contribution in [0.1, 0.15) is 120 Å². The Morgan fingerprint density at radius 1 is 0.521 bits per heavy atom. The summed E-state index contributed by atoms with van der Waals surface area (Å²) >= 11 is 0. The second-order valence-corrected chi connectivity index (χ2v) is 31.4. The summed E-state index contributed by atoms with van der Waals surface area (Å²) in [7, 11) is 0. The third kappa shape index (κ3) is 12.8. The summed E-state index contributed by atoms with van der Waals surface area (Å²) in [4.78, 5) is 15.4. The zero-order valence-corrected chi connectivity index (χ0v) is 55.6. The van der Waals surface area contributed by atoms with Gasteiger partial charge in [0, 0.05) is 0 Å². The van der Waals surface area contributed by atoms with Crippen molar-refractivity contribution in [1.82, 2.24) is 0 Å². The lowest BCUT2D eigenvalue weighted by Gasteiger charge is -2.71. The Labute approximate surface area is 556 Å². The summed E-state index contributed by atoms with van der Waals surface area (Å²) in [6, 6.07) is 0. The van der Waals surface area contributed by atoms with Crippen LogP contribution >= 0.6 is 0 Å². The van der Waals surface area contributed by atoms with Crippen molar-refractivity contribution in [2.75, 3.05) is 33.0 Å². The van der Waals surface area contributed by atoms with Crippen LogP contribution in [0.2, 0.25) is 0 Å². The van der Waals surface area contributed by atoms with Crippen LogP contribution < -0.4 is 0 Å². The summed E-state index contributed by atoms with van der Waals surface area (Å²) in [5, 5.41) is 194. The number of esters is 1. The van der Waals surface area contributed by atoms with Crippen LogP contribution in [0.5, 0.6) is 0 Å². The van der Waals surface area contributed by atoms with Gasteiger partial charge in [0.2, 0.25) is 6.29 Å². The Kier molecular flexibility index (Phi) is 22.1. The third-order valence-electron chi connectivity index (χ3n) is 25.2. The molecule has 10 fully saturated rings. The van der Waals surface area contributed by atoms with Crippen molar-refractivity contribution in [2.45, 2.75) is 304 Å². The molecule has 11 aliphatic rings. The first-order valence-corrected chi connectivity index (χ1v) is 34.1. The first kappa shape index (κ1) is 75.2. The molecular formula is C65H106O31. The minimum atomic E-state index is -2.00. The van der Waals surface area contributed by atoms with Crippen LogP contribution in [0.4, 0.5) is 0 Å². The Hall–Kier alpha value is -1.95. The van der Waals surface area contributed by atoms with Gasteiger partial charge in [-0.1, -0.05) is 60.1 Å². The number of allylic oxidation sites excluding steroid dienone is 2. The summed E-state index contributed by atoms with van der Waals surface area (Å²) in [5.74, 6) is -0.658. The first-order chi connectivity index (χ1) is 45.1. The Morgan fingerprint density at radius 2 is 1.05 bits per heavy atom. The fraction of sp³-hybridized carbons (Fsp3) is 0.954. The monoisotopic (exact) mass is 1380 g/mol. The molecule has 6 aliphatic heterocycles. The maximum absolute atomic E-state index is 15.4. The summed E-state index contributed by atoms with van der Waals surface area (Å²) < 4.78 is 71.8. The molecule has 6 saturated heterocycles. The van der Waals surface area contributed by atoms with Crippen LogP contribution in [0, 0.1) is 50.2 Å². The van der Waals surface area contributed by atoms with Crippen LogP contribution in [-0.4, -0.2) is 315 Å². The molecule has 0 spiro atoms. The van der Waals surface area contributed by atoms with E-state index in [4.69, 9.17) is 56.8 Å². The number of fused-ring (bicyclic) bond motifs is 7. The molecule has 0 aromatic rings. The summed E-state index contributed by atoms with van der Waals surface area (Å²) in [6.45, 7) is 13.6. The number of carbonyl (C=O) groups is 1. The van der Waals surface area contributed by atoms with Gasteiger partial charge in [0.05, 0.1) is 50.7 Å². The van der Waals surface area contributed by atoms with Gasteiger partial charge in [-0.25, -0.2) is 0 Å². The van der Waals surface area contributed by atoms with E-state index in [0.717, 1.165) is 19.3 Å². The van der Waals surface area contributed by atoms with E-state index in [9.17, 15) is 91.9 Å². The van der Waals surface area contributed by atoms with Crippen molar-refractivity contribution < 1.29 is 154 Å². The van der Waals surface area contributed by atoms with Crippen molar-refractivity contribution in [3.05, 3.63) is 11.6 Å². The molecule has 18 N–H and O–H groups in total. The fourth-order valence-corrected chi connectivity index (χ4v) is 19.2. The highest BCUT2D eigenvalue weighted by Crippen LogP contribution is 2.76. The molecular weight excluding hydrogens is 1280 g/mol. The smallest absolute Gasteiger partial charge is 0.315 e. The second-order valence-electron chi connectivity index (χ2n) is 31.4. The van der Waals surface area contributed by atoms with Crippen molar-refractivity contribution in [1.29, 1.82) is 0 Å². The molecule has 37 atom stereocenters. The van der Waals surface area contributed by atoms with Crippen LogP contribution in [0.3, 0.4) is 0 Å². The molecule has 6 heterocycles. The van der Waals surface area contributed by atoms with E-state index in [0.29, 0.717) is 44.9 Å². The molecule has 31 nitrogen and oxygen atoms in total. The average molecular weight is 1380 g/mol. The minimum absolute atomic E-state index is 0.108.